The normalized spacial score (nSPS) is 15.1. The van der Waals surface area contributed by atoms with Crippen LogP contribution in [-0.2, 0) is 16.6 Å². The van der Waals surface area contributed by atoms with Crippen molar-refractivity contribution >= 4 is 27.0 Å². The Bertz CT molecular complexity index is 741. The second kappa shape index (κ2) is 5.70. The van der Waals surface area contributed by atoms with Crippen LogP contribution in [0.4, 0.5) is 10.1 Å². The van der Waals surface area contributed by atoms with E-state index in [2.05, 4.69) is 15.0 Å². The average Bonchev–Trinajstić information content (AvgIpc) is 3.15. The van der Waals surface area contributed by atoms with Crippen molar-refractivity contribution in [2.45, 2.75) is 30.3 Å². The van der Waals surface area contributed by atoms with Gasteiger partial charge in [-0.25, -0.2) is 12.8 Å². The van der Waals surface area contributed by atoms with Crippen LogP contribution >= 0.6 is 11.3 Å². The number of hydrogen-bond donors (Lipinski definition) is 2. The summed E-state index contributed by atoms with van der Waals surface area (Å²) < 4.78 is 40.5. The maximum atomic E-state index is 13.5. The van der Waals surface area contributed by atoms with Crippen molar-refractivity contribution in [3.05, 3.63) is 40.6 Å². The second-order valence-corrected chi connectivity index (χ2v) is 7.48. The molecule has 1 fully saturated rings. The van der Waals surface area contributed by atoms with Gasteiger partial charge in [-0.2, -0.15) is 0 Å². The standard InChI is InChI=1S/C13H14FN3O2S2/c14-10-7-15-5-3-11(10)17-21(18,19)13-4-6-20-12(13)8-16-9-1-2-9/h3-7,9,16H,1-2,8H2,(H,15,17). The molecule has 2 heterocycles. The van der Waals surface area contributed by atoms with Crippen LogP contribution in [0.3, 0.4) is 0 Å². The van der Waals surface area contributed by atoms with Gasteiger partial charge in [0.15, 0.2) is 5.82 Å². The van der Waals surface area contributed by atoms with Crippen molar-refractivity contribution in [1.82, 2.24) is 10.3 Å². The highest BCUT2D eigenvalue weighted by Crippen LogP contribution is 2.26. The summed E-state index contributed by atoms with van der Waals surface area (Å²) in [6, 6.07) is 3.32. The van der Waals surface area contributed by atoms with E-state index in [1.165, 1.54) is 29.7 Å². The molecule has 2 aromatic rings. The molecule has 1 aliphatic rings. The van der Waals surface area contributed by atoms with Gasteiger partial charge in [-0.1, -0.05) is 0 Å². The van der Waals surface area contributed by atoms with Crippen LogP contribution in [0.25, 0.3) is 0 Å². The summed E-state index contributed by atoms with van der Waals surface area (Å²) in [7, 11) is -3.80. The van der Waals surface area contributed by atoms with Gasteiger partial charge < -0.3 is 5.32 Å². The van der Waals surface area contributed by atoms with Crippen molar-refractivity contribution in [3.8, 4) is 0 Å². The number of thiophene rings is 1. The molecule has 112 valence electrons. The van der Waals surface area contributed by atoms with Gasteiger partial charge in [0.1, 0.15) is 4.90 Å². The van der Waals surface area contributed by atoms with Crippen molar-refractivity contribution in [2.75, 3.05) is 4.72 Å². The third-order valence-corrected chi connectivity index (χ3v) is 5.64. The molecule has 0 bridgehead atoms. The molecule has 3 rings (SSSR count). The summed E-state index contributed by atoms with van der Waals surface area (Å²) in [5.74, 6) is -0.700. The van der Waals surface area contributed by atoms with E-state index in [4.69, 9.17) is 0 Å². The number of aromatic nitrogens is 1. The Balaban J connectivity index is 1.81. The maximum Gasteiger partial charge on any atom is 0.263 e. The van der Waals surface area contributed by atoms with E-state index in [0.717, 1.165) is 23.9 Å². The van der Waals surface area contributed by atoms with Crippen molar-refractivity contribution in [3.63, 3.8) is 0 Å². The SMILES string of the molecule is O=S(=O)(Nc1ccncc1F)c1ccsc1CNC1CC1. The zero-order valence-electron chi connectivity index (χ0n) is 11.0. The van der Waals surface area contributed by atoms with Gasteiger partial charge in [0, 0.05) is 23.7 Å². The largest absolute Gasteiger partial charge is 0.309 e. The summed E-state index contributed by atoms with van der Waals surface area (Å²) in [5.41, 5.74) is -0.0997. The molecule has 0 unspecified atom stereocenters. The zero-order chi connectivity index (χ0) is 14.9. The van der Waals surface area contributed by atoms with Crippen LogP contribution in [0.5, 0.6) is 0 Å². The Labute approximate surface area is 126 Å². The van der Waals surface area contributed by atoms with E-state index >= 15 is 0 Å². The van der Waals surface area contributed by atoms with Crippen molar-refractivity contribution in [1.29, 1.82) is 0 Å². The molecular weight excluding hydrogens is 313 g/mol. The Morgan fingerprint density at radius 2 is 2.19 bits per heavy atom. The highest BCUT2D eigenvalue weighted by molar-refractivity contribution is 7.93. The van der Waals surface area contributed by atoms with E-state index in [1.807, 2.05) is 0 Å². The molecule has 2 aromatic heterocycles. The van der Waals surface area contributed by atoms with Crippen LogP contribution in [0.1, 0.15) is 17.7 Å². The van der Waals surface area contributed by atoms with Crippen LogP contribution in [0, 0.1) is 5.82 Å². The summed E-state index contributed by atoms with van der Waals surface area (Å²) in [6.45, 7) is 0.511. The van der Waals surface area contributed by atoms with E-state index in [0.29, 0.717) is 12.6 Å². The minimum Gasteiger partial charge on any atom is -0.309 e. The van der Waals surface area contributed by atoms with E-state index < -0.39 is 15.8 Å². The minimum absolute atomic E-state index is 0.0997. The van der Waals surface area contributed by atoms with Gasteiger partial charge in [-0.05, 0) is 30.4 Å². The molecule has 1 aliphatic carbocycles. The molecule has 2 N–H and O–H groups in total. The topological polar surface area (TPSA) is 71.1 Å². The summed E-state index contributed by atoms with van der Waals surface area (Å²) in [4.78, 5) is 4.51. The fourth-order valence-electron chi connectivity index (χ4n) is 1.88. The maximum absolute atomic E-state index is 13.5. The van der Waals surface area contributed by atoms with Gasteiger partial charge in [0.05, 0.1) is 11.9 Å². The van der Waals surface area contributed by atoms with Gasteiger partial charge in [-0.3, -0.25) is 9.71 Å². The van der Waals surface area contributed by atoms with Gasteiger partial charge >= 0.3 is 0 Å². The van der Waals surface area contributed by atoms with Crippen molar-refractivity contribution in [2.24, 2.45) is 0 Å². The molecule has 0 amide bonds. The van der Waals surface area contributed by atoms with E-state index in [-0.39, 0.29) is 10.6 Å². The van der Waals surface area contributed by atoms with Crippen LogP contribution in [0.15, 0.2) is 34.8 Å². The number of hydrogen-bond acceptors (Lipinski definition) is 5. The average molecular weight is 327 g/mol. The molecule has 1 saturated carbocycles. The van der Waals surface area contributed by atoms with Gasteiger partial charge in [0.2, 0.25) is 0 Å². The number of sulfonamides is 1. The number of nitrogens with one attached hydrogen (secondary N) is 2. The molecule has 0 saturated heterocycles. The third-order valence-electron chi connectivity index (χ3n) is 3.14. The highest BCUT2D eigenvalue weighted by Gasteiger charge is 2.24. The van der Waals surface area contributed by atoms with Crippen molar-refractivity contribution < 1.29 is 12.8 Å². The quantitative estimate of drug-likeness (QED) is 0.854. The fourth-order valence-corrected chi connectivity index (χ4v) is 4.34. The molecule has 0 atom stereocenters. The molecule has 0 aromatic carbocycles. The monoisotopic (exact) mass is 327 g/mol. The summed E-state index contributed by atoms with van der Waals surface area (Å²) in [6.07, 6.45) is 4.58. The number of halogens is 1. The first kappa shape index (κ1) is 14.4. The minimum atomic E-state index is -3.80. The Morgan fingerprint density at radius 3 is 2.90 bits per heavy atom. The lowest BCUT2D eigenvalue weighted by molar-refractivity contribution is 0.596. The number of rotatable bonds is 6. The molecule has 21 heavy (non-hydrogen) atoms. The lowest BCUT2D eigenvalue weighted by Crippen LogP contribution is -2.19. The van der Waals surface area contributed by atoms with Crippen LogP contribution in [-0.4, -0.2) is 19.4 Å². The second-order valence-electron chi connectivity index (χ2n) is 4.82. The smallest absolute Gasteiger partial charge is 0.263 e. The number of nitrogens with zero attached hydrogens (tertiary/aromatic N) is 1. The lowest BCUT2D eigenvalue weighted by atomic mass is 10.4. The predicted molar refractivity (Wildman–Crippen MR) is 79.2 cm³/mol. The number of pyridine rings is 1. The van der Waals surface area contributed by atoms with Crippen LogP contribution in [0.2, 0.25) is 0 Å². The Kier molecular flexibility index (Phi) is 3.92. The van der Waals surface area contributed by atoms with Gasteiger partial charge in [0.25, 0.3) is 10.0 Å². The first-order chi connectivity index (χ1) is 10.1. The highest BCUT2D eigenvalue weighted by atomic mass is 32.2. The molecule has 0 radical (unpaired) electrons. The zero-order valence-corrected chi connectivity index (χ0v) is 12.7. The molecule has 0 aliphatic heterocycles. The Morgan fingerprint density at radius 1 is 1.38 bits per heavy atom. The molecule has 5 nitrogen and oxygen atoms in total. The number of anilines is 1. The molecule has 8 heteroatoms. The van der Waals surface area contributed by atoms with E-state index in [1.54, 1.807) is 5.38 Å². The molecule has 0 spiro atoms. The fraction of sp³-hybridized carbons (Fsp3) is 0.308. The Hall–Kier alpha value is -1.51. The summed E-state index contributed by atoms with van der Waals surface area (Å²) >= 11 is 1.37. The lowest BCUT2D eigenvalue weighted by Gasteiger charge is -2.09. The van der Waals surface area contributed by atoms with Crippen LogP contribution < -0.4 is 10.0 Å². The first-order valence-corrected chi connectivity index (χ1v) is 8.84. The van der Waals surface area contributed by atoms with E-state index in [9.17, 15) is 12.8 Å². The third kappa shape index (κ3) is 3.39. The molecular formula is C13H14FN3O2S2. The predicted octanol–water partition coefficient (Wildman–Crippen LogP) is 2.33. The van der Waals surface area contributed by atoms with Gasteiger partial charge in [-0.15, -0.1) is 11.3 Å². The first-order valence-electron chi connectivity index (χ1n) is 6.48. The summed E-state index contributed by atoms with van der Waals surface area (Å²) in [5, 5.41) is 5.00.